The quantitative estimate of drug-likeness (QED) is 0.687. The van der Waals surface area contributed by atoms with Crippen LogP contribution >= 0.6 is 34.7 Å². The molecule has 106 valence electrons. The number of benzene rings is 2. The molecule has 2 aromatic carbocycles. The molecule has 3 aromatic rings. The lowest BCUT2D eigenvalue weighted by Gasteiger charge is -2.03. The van der Waals surface area contributed by atoms with E-state index in [4.69, 9.17) is 17.3 Å². The lowest BCUT2D eigenvalue weighted by atomic mass is 10.1. The molecular weight excluding hydrogens is 320 g/mol. The van der Waals surface area contributed by atoms with Crippen molar-refractivity contribution in [3.8, 4) is 11.3 Å². The number of thiazole rings is 1. The fourth-order valence-corrected chi connectivity index (χ4v) is 4.07. The minimum Gasteiger partial charge on any atom is -0.375 e. The van der Waals surface area contributed by atoms with E-state index >= 15 is 0 Å². The van der Waals surface area contributed by atoms with Gasteiger partial charge in [-0.05, 0) is 31.2 Å². The molecule has 0 atom stereocenters. The summed E-state index contributed by atoms with van der Waals surface area (Å²) in [4.78, 5) is 5.60. The van der Waals surface area contributed by atoms with Crippen LogP contribution in [0.25, 0.3) is 11.3 Å². The van der Waals surface area contributed by atoms with Gasteiger partial charge in [0.1, 0.15) is 0 Å². The number of aryl methyl sites for hydroxylation is 1. The maximum atomic E-state index is 5.92. The lowest BCUT2D eigenvalue weighted by Crippen LogP contribution is -1.84. The van der Waals surface area contributed by atoms with Gasteiger partial charge in [-0.3, -0.25) is 0 Å². The number of aromatic nitrogens is 1. The molecule has 21 heavy (non-hydrogen) atoms. The Morgan fingerprint density at radius 1 is 1.05 bits per heavy atom. The molecule has 0 radical (unpaired) electrons. The highest BCUT2D eigenvalue weighted by atomic mass is 35.5. The van der Waals surface area contributed by atoms with Gasteiger partial charge in [-0.15, -0.1) is 0 Å². The first-order chi connectivity index (χ1) is 10.1. The highest BCUT2D eigenvalue weighted by Gasteiger charge is 2.13. The third-order valence-corrected chi connectivity index (χ3v) is 5.28. The first kappa shape index (κ1) is 14.4. The van der Waals surface area contributed by atoms with Gasteiger partial charge in [0.05, 0.1) is 9.90 Å². The van der Waals surface area contributed by atoms with Crippen molar-refractivity contribution in [3.05, 3.63) is 59.1 Å². The molecule has 3 rings (SSSR count). The Bertz CT molecular complexity index is 749. The highest BCUT2D eigenvalue weighted by Crippen LogP contribution is 2.41. The van der Waals surface area contributed by atoms with E-state index in [-0.39, 0.29) is 0 Å². The molecule has 0 aliphatic rings. The number of nitrogens with two attached hydrogens (primary N) is 1. The zero-order valence-electron chi connectivity index (χ0n) is 11.3. The Balaban J connectivity index is 1.95. The summed E-state index contributed by atoms with van der Waals surface area (Å²) in [6, 6.07) is 16.1. The van der Waals surface area contributed by atoms with Gasteiger partial charge in [-0.2, -0.15) is 0 Å². The number of nitrogens with zero attached hydrogens (tertiary/aromatic N) is 1. The Morgan fingerprint density at radius 3 is 2.38 bits per heavy atom. The normalized spacial score (nSPS) is 10.8. The summed E-state index contributed by atoms with van der Waals surface area (Å²) in [6.07, 6.45) is 0. The molecule has 0 saturated heterocycles. The Kier molecular flexibility index (Phi) is 4.19. The van der Waals surface area contributed by atoms with Crippen LogP contribution in [0.15, 0.2) is 57.6 Å². The minimum absolute atomic E-state index is 0.585. The number of anilines is 1. The van der Waals surface area contributed by atoms with Gasteiger partial charge in [-0.1, -0.05) is 64.5 Å². The van der Waals surface area contributed by atoms with E-state index in [1.807, 2.05) is 24.3 Å². The van der Waals surface area contributed by atoms with E-state index in [9.17, 15) is 0 Å². The van der Waals surface area contributed by atoms with Crippen LogP contribution in [0, 0.1) is 6.92 Å². The van der Waals surface area contributed by atoms with E-state index in [1.54, 1.807) is 11.8 Å². The van der Waals surface area contributed by atoms with Crippen LogP contribution < -0.4 is 5.73 Å². The van der Waals surface area contributed by atoms with Gasteiger partial charge in [0, 0.05) is 15.5 Å². The molecule has 1 heterocycles. The second-order valence-corrected chi connectivity index (χ2v) is 7.42. The molecular formula is C16H13ClN2S2. The second-order valence-electron chi connectivity index (χ2n) is 4.61. The average Bonchev–Trinajstić information content (AvgIpc) is 2.83. The van der Waals surface area contributed by atoms with Crippen LogP contribution in [0.1, 0.15) is 5.56 Å². The predicted octanol–water partition coefficient (Wildman–Crippen LogP) is 5.51. The maximum Gasteiger partial charge on any atom is 0.181 e. The summed E-state index contributed by atoms with van der Waals surface area (Å²) < 4.78 is 1.10. The van der Waals surface area contributed by atoms with Gasteiger partial charge < -0.3 is 5.73 Å². The molecule has 0 bridgehead atoms. The van der Waals surface area contributed by atoms with E-state index in [1.165, 1.54) is 16.9 Å². The summed E-state index contributed by atoms with van der Waals surface area (Å²) in [5.41, 5.74) is 9.16. The van der Waals surface area contributed by atoms with Crippen LogP contribution in [-0.2, 0) is 0 Å². The summed E-state index contributed by atoms with van der Waals surface area (Å²) in [7, 11) is 0. The number of halogens is 1. The molecule has 0 unspecified atom stereocenters. The molecule has 0 amide bonds. The summed E-state index contributed by atoms with van der Waals surface area (Å²) in [5, 5.41) is 1.32. The predicted molar refractivity (Wildman–Crippen MR) is 92.3 cm³/mol. The second kappa shape index (κ2) is 6.10. The Morgan fingerprint density at radius 2 is 1.71 bits per heavy atom. The van der Waals surface area contributed by atoms with Gasteiger partial charge in [0.2, 0.25) is 0 Å². The molecule has 2 nitrogen and oxygen atoms in total. The number of hydrogen-bond acceptors (Lipinski definition) is 4. The first-order valence-corrected chi connectivity index (χ1v) is 8.40. The molecule has 2 N–H and O–H groups in total. The summed E-state index contributed by atoms with van der Waals surface area (Å²) in [6.45, 7) is 2.07. The van der Waals surface area contributed by atoms with Crippen molar-refractivity contribution in [1.29, 1.82) is 0 Å². The van der Waals surface area contributed by atoms with Crippen molar-refractivity contribution < 1.29 is 0 Å². The smallest absolute Gasteiger partial charge is 0.181 e. The average molecular weight is 333 g/mol. The largest absolute Gasteiger partial charge is 0.375 e. The molecule has 0 saturated carbocycles. The van der Waals surface area contributed by atoms with Crippen molar-refractivity contribution in [2.24, 2.45) is 0 Å². The molecule has 0 aliphatic heterocycles. The topological polar surface area (TPSA) is 38.9 Å². The van der Waals surface area contributed by atoms with E-state index in [2.05, 4.69) is 36.2 Å². The number of nitrogen functional groups attached to an aromatic ring is 1. The van der Waals surface area contributed by atoms with E-state index in [0.29, 0.717) is 5.13 Å². The Hall–Kier alpha value is -1.49. The molecule has 5 heteroatoms. The monoisotopic (exact) mass is 332 g/mol. The van der Waals surface area contributed by atoms with Crippen molar-refractivity contribution in [2.45, 2.75) is 16.0 Å². The van der Waals surface area contributed by atoms with Gasteiger partial charge >= 0.3 is 0 Å². The molecule has 0 spiro atoms. The maximum absolute atomic E-state index is 5.92. The zero-order chi connectivity index (χ0) is 14.8. The van der Waals surface area contributed by atoms with Gasteiger partial charge in [0.25, 0.3) is 0 Å². The standard InChI is InChI=1S/C16H13ClN2S2/c1-10-2-4-11(5-3-10)14-15(21-16(18)19-14)20-13-8-6-12(17)7-9-13/h2-9H,1H3,(H2,18,19). The third-order valence-electron chi connectivity index (χ3n) is 2.96. The summed E-state index contributed by atoms with van der Waals surface area (Å²) in [5.74, 6) is 0. The minimum atomic E-state index is 0.585. The van der Waals surface area contributed by atoms with Crippen molar-refractivity contribution in [2.75, 3.05) is 5.73 Å². The molecule has 1 aromatic heterocycles. The fourth-order valence-electron chi connectivity index (χ4n) is 1.89. The molecule has 0 fully saturated rings. The molecule has 0 aliphatic carbocycles. The van der Waals surface area contributed by atoms with Crippen LogP contribution in [-0.4, -0.2) is 4.98 Å². The van der Waals surface area contributed by atoms with Crippen molar-refractivity contribution >= 4 is 39.8 Å². The van der Waals surface area contributed by atoms with Crippen molar-refractivity contribution in [3.63, 3.8) is 0 Å². The van der Waals surface area contributed by atoms with Crippen LogP contribution in [0.2, 0.25) is 5.02 Å². The van der Waals surface area contributed by atoms with E-state index in [0.717, 1.165) is 25.4 Å². The first-order valence-electron chi connectivity index (χ1n) is 6.38. The summed E-state index contributed by atoms with van der Waals surface area (Å²) >= 11 is 9.09. The number of hydrogen-bond donors (Lipinski definition) is 1. The van der Waals surface area contributed by atoms with Gasteiger partial charge in [-0.25, -0.2) is 4.98 Å². The van der Waals surface area contributed by atoms with E-state index < -0.39 is 0 Å². The SMILES string of the molecule is Cc1ccc(-c2nc(N)sc2Sc2ccc(Cl)cc2)cc1. The Labute approximate surface area is 137 Å². The van der Waals surface area contributed by atoms with Crippen LogP contribution in [0.3, 0.4) is 0 Å². The van der Waals surface area contributed by atoms with Crippen LogP contribution in [0.5, 0.6) is 0 Å². The van der Waals surface area contributed by atoms with Crippen molar-refractivity contribution in [1.82, 2.24) is 4.98 Å². The highest BCUT2D eigenvalue weighted by molar-refractivity contribution is 8.01. The lowest BCUT2D eigenvalue weighted by molar-refractivity contribution is 1.35. The zero-order valence-corrected chi connectivity index (χ0v) is 13.7. The number of rotatable bonds is 3. The van der Waals surface area contributed by atoms with Gasteiger partial charge in [0.15, 0.2) is 5.13 Å². The third kappa shape index (κ3) is 3.40. The van der Waals surface area contributed by atoms with Crippen LogP contribution in [0.4, 0.5) is 5.13 Å². The fraction of sp³-hybridized carbons (Fsp3) is 0.0625.